The molecule has 0 radical (unpaired) electrons. The van der Waals surface area contributed by atoms with Crippen LogP contribution in [0.2, 0.25) is 0 Å². The zero-order chi connectivity index (χ0) is 14.7. The Morgan fingerprint density at radius 2 is 1.95 bits per heavy atom. The van der Waals surface area contributed by atoms with Crippen molar-refractivity contribution in [2.45, 2.75) is 19.8 Å². The number of aromatic nitrogens is 2. The predicted molar refractivity (Wildman–Crippen MR) is 81.2 cm³/mol. The van der Waals surface area contributed by atoms with Crippen LogP contribution in [0.15, 0.2) is 24.3 Å². The van der Waals surface area contributed by atoms with Gasteiger partial charge in [0.05, 0.1) is 0 Å². The van der Waals surface area contributed by atoms with Gasteiger partial charge in [0.15, 0.2) is 11.5 Å². The molecule has 1 aliphatic heterocycles. The van der Waals surface area contributed by atoms with E-state index in [9.17, 15) is 0 Å². The zero-order valence-electron chi connectivity index (χ0n) is 11.9. The van der Waals surface area contributed by atoms with Crippen LogP contribution < -0.4 is 20.5 Å². The number of benzene rings is 1. The van der Waals surface area contributed by atoms with E-state index in [1.54, 1.807) is 6.07 Å². The van der Waals surface area contributed by atoms with Crippen LogP contribution in [0.5, 0.6) is 11.5 Å². The van der Waals surface area contributed by atoms with Crippen LogP contribution in [0, 0.1) is 0 Å². The van der Waals surface area contributed by atoms with Gasteiger partial charge in [-0.25, -0.2) is 9.97 Å². The summed E-state index contributed by atoms with van der Waals surface area (Å²) in [7, 11) is 0. The molecule has 21 heavy (non-hydrogen) atoms. The molecule has 1 aromatic carbocycles. The highest BCUT2D eigenvalue weighted by molar-refractivity contribution is 5.62. The van der Waals surface area contributed by atoms with Crippen molar-refractivity contribution in [3.05, 3.63) is 30.1 Å². The molecule has 1 aromatic heterocycles. The number of hydrogen-bond acceptors (Lipinski definition) is 6. The molecule has 2 heterocycles. The number of rotatable bonds is 4. The Balaban J connectivity index is 1.83. The largest absolute Gasteiger partial charge is 0.486 e. The molecule has 6 heteroatoms. The van der Waals surface area contributed by atoms with Gasteiger partial charge in [0.25, 0.3) is 0 Å². The molecule has 3 N–H and O–H groups in total. The highest BCUT2D eigenvalue weighted by Gasteiger charge is 2.12. The van der Waals surface area contributed by atoms with Crippen LogP contribution in [-0.4, -0.2) is 23.2 Å². The summed E-state index contributed by atoms with van der Waals surface area (Å²) >= 11 is 0. The monoisotopic (exact) mass is 286 g/mol. The number of ether oxygens (including phenoxy) is 2. The zero-order valence-corrected chi connectivity index (χ0v) is 11.9. The Bertz CT molecular complexity index is 646. The van der Waals surface area contributed by atoms with E-state index in [1.807, 2.05) is 18.2 Å². The molecule has 0 saturated heterocycles. The van der Waals surface area contributed by atoms with Gasteiger partial charge in [-0.1, -0.05) is 6.92 Å². The third-order valence-corrected chi connectivity index (χ3v) is 3.08. The number of nitrogens with two attached hydrogens (primary N) is 1. The van der Waals surface area contributed by atoms with Gasteiger partial charge >= 0.3 is 0 Å². The number of aryl methyl sites for hydroxylation is 1. The molecule has 0 saturated carbocycles. The van der Waals surface area contributed by atoms with E-state index in [0.29, 0.717) is 24.8 Å². The summed E-state index contributed by atoms with van der Waals surface area (Å²) in [6.07, 6.45) is 1.79. The molecule has 0 aliphatic carbocycles. The summed E-state index contributed by atoms with van der Waals surface area (Å²) in [4.78, 5) is 8.67. The van der Waals surface area contributed by atoms with E-state index in [0.717, 1.165) is 35.9 Å². The highest BCUT2D eigenvalue weighted by atomic mass is 16.6. The number of anilines is 3. The molecule has 0 spiro atoms. The lowest BCUT2D eigenvalue weighted by molar-refractivity contribution is 0.171. The van der Waals surface area contributed by atoms with Crippen molar-refractivity contribution >= 4 is 17.3 Å². The van der Waals surface area contributed by atoms with Gasteiger partial charge in [0.2, 0.25) is 0 Å². The third-order valence-electron chi connectivity index (χ3n) is 3.08. The molecule has 0 fully saturated rings. The van der Waals surface area contributed by atoms with Gasteiger partial charge in [-0.3, -0.25) is 0 Å². The molecular formula is C15H18N4O2. The van der Waals surface area contributed by atoms with E-state index in [4.69, 9.17) is 15.2 Å². The van der Waals surface area contributed by atoms with Crippen LogP contribution in [0.4, 0.5) is 17.3 Å². The summed E-state index contributed by atoms with van der Waals surface area (Å²) in [6.45, 7) is 3.24. The summed E-state index contributed by atoms with van der Waals surface area (Å²) in [6, 6.07) is 7.42. The second-order valence-corrected chi connectivity index (χ2v) is 4.83. The van der Waals surface area contributed by atoms with E-state index >= 15 is 0 Å². The first-order chi connectivity index (χ1) is 10.2. The smallest absolute Gasteiger partial charge is 0.163 e. The van der Waals surface area contributed by atoms with Crippen molar-refractivity contribution < 1.29 is 9.47 Å². The van der Waals surface area contributed by atoms with Crippen molar-refractivity contribution in [3.63, 3.8) is 0 Å². The molecule has 1 aliphatic rings. The summed E-state index contributed by atoms with van der Waals surface area (Å²) < 4.78 is 11.1. The Morgan fingerprint density at radius 3 is 2.76 bits per heavy atom. The van der Waals surface area contributed by atoms with Crippen LogP contribution in [0.3, 0.4) is 0 Å². The molecule has 0 unspecified atom stereocenters. The van der Waals surface area contributed by atoms with Crippen LogP contribution >= 0.6 is 0 Å². The maximum Gasteiger partial charge on any atom is 0.163 e. The molecule has 0 amide bonds. The maximum atomic E-state index is 5.82. The quantitative estimate of drug-likeness (QED) is 0.898. The molecule has 0 atom stereocenters. The van der Waals surface area contributed by atoms with Gasteiger partial charge in [0, 0.05) is 24.2 Å². The van der Waals surface area contributed by atoms with Crippen LogP contribution in [0.25, 0.3) is 0 Å². The topological polar surface area (TPSA) is 82.3 Å². The third kappa shape index (κ3) is 3.16. The van der Waals surface area contributed by atoms with E-state index in [1.165, 1.54) is 0 Å². The van der Waals surface area contributed by atoms with E-state index in [-0.39, 0.29) is 0 Å². The lowest BCUT2D eigenvalue weighted by Crippen LogP contribution is -2.15. The SMILES string of the molecule is CCCc1nc(N)cc(Nc2ccc3c(c2)OCCO3)n1. The standard InChI is InChI=1S/C15H18N4O2/c1-2-3-14-18-13(16)9-15(19-14)17-10-4-5-11-12(8-10)21-7-6-20-11/h4-5,8-9H,2-3,6-7H2,1H3,(H3,16,17,18,19). The number of nitrogens with one attached hydrogen (secondary N) is 1. The fraction of sp³-hybridized carbons (Fsp3) is 0.333. The predicted octanol–water partition coefficient (Wildman–Crippen LogP) is 2.53. The fourth-order valence-electron chi connectivity index (χ4n) is 2.19. The van der Waals surface area contributed by atoms with Crippen molar-refractivity contribution in [3.8, 4) is 11.5 Å². The van der Waals surface area contributed by atoms with Crippen LogP contribution in [-0.2, 0) is 6.42 Å². The lowest BCUT2D eigenvalue weighted by Gasteiger charge is -2.19. The average Bonchev–Trinajstić information content (AvgIpc) is 2.47. The first kappa shape index (κ1) is 13.5. The fourth-order valence-corrected chi connectivity index (χ4v) is 2.19. The van der Waals surface area contributed by atoms with Gasteiger partial charge in [0.1, 0.15) is 30.7 Å². The molecule has 3 rings (SSSR count). The highest BCUT2D eigenvalue weighted by Crippen LogP contribution is 2.33. The van der Waals surface area contributed by atoms with E-state index in [2.05, 4.69) is 22.2 Å². The normalized spacial score (nSPS) is 13.0. The van der Waals surface area contributed by atoms with Crippen molar-refractivity contribution in [1.82, 2.24) is 9.97 Å². The average molecular weight is 286 g/mol. The summed E-state index contributed by atoms with van der Waals surface area (Å²) in [5.41, 5.74) is 6.69. The second kappa shape index (κ2) is 5.87. The molecule has 6 nitrogen and oxygen atoms in total. The van der Waals surface area contributed by atoms with Gasteiger partial charge < -0.3 is 20.5 Å². The first-order valence-electron chi connectivity index (χ1n) is 7.04. The Morgan fingerprint density at radius 1 is 1.14 bits per heavy atom. The number of nitrogens with zero attached hydrogens (tertiary/aromatic N) is 2. The summed E-state index contributed by atoms with van der Waals surface area (Å²) in [5.74, 6) is 3.40. The van der Waals surface area contributed by atoms with E-state index < -0.39 is 0 Å². The number of hydrogen-bond donors (Lipinski definition) is 2. The molecule has 2 aromatic rings. The van der Waals surface area contributed by atoms with Crippen LogP contribution in [0.1, 0.15) is 19.2 Å². The summed E-state index contributed by atoms with van der Waals surface area (Å²) in [5, 5.41) is 3.23. The minimum Gasteiger partial charge on any atom is -0.486 e. The van der Waals surface area contributed by atoms with Crippen molar-refractivity contribution in [2.24, 2.45) is 0 Å². The minimum atomic E-state index is 0.466. The Hall–Kier alpha value is -2.50. The minimum absolute atomic E-state index is 0.466. The second-order valence-electron chi connectivity index (χ2n) is 4.83. The lowest BCUT2D eigenvalue weighted by atomic mass is 10.2. The van der Waals surface area contributed by atoms with Gasteiger partial charge in [-0.05, 0) is 18.6 Å². The molecule has 110 valence electrons. The van der Waals surface area contributed by atoms with Crippen molar-refractivity contribution in [2.75, 3.05) is 24.3 Å². The van der Waals surface area contributed by atoms with Gasteiger partial charge in [-0.2, -0.15) is 0 Å². The Labute approximate surface area is 123 Å². The maximum absolute atomic E-state index is 5.82. The Kier molecular flexibility index (Phi) is 3.77. The molecular weight excluding hydrogens is 268 g/mol. The van der Waals surface area contributed by atoms with Crippen molar-refractivity contribution in [1.29, 1.82) is 0 Å². The first-order valence-corrected chi connectivity index (χ1v) is 7.04. The van der Waals surface area contributed by atoms with Gasteiger partial charge in [-0.15, -0.1) is 0 Å². The number of fused-ring (bicyclic) bond motifs is 1. The number of nitrogen functional groups attached to an aromatic ring is 1. The molecule has 0 bridgehead atoms.